The summed E-state index contributed by atoms with van der Waals surface area (Å²) in [5.41, 5.74) is 0.698. The van der Waals surface area contributed by atoms with Gasteiger partial charge in [0.2, 0.25) is 10.0 Å². The van der Waals surface area contributed by atoms with Crippen LogP contribution in [-0.2, 0) is 23.1 Å². The van der Waals surface area contributed by atoms with Gasteiger partial charge in [-0.25, -0.2) is 22.5 Å². The number of aromatic nitrogens is 1. The number of nitrogens with one attached hydrogen (secondary N) is 2. The summed E-state index contributed by atoms with van der Waals surface area (Å²) in [6.07, 6.45) is 1.67. The van der Waals surface area contributed by atoms with E-state index in [1.165, 1.54) is 17.4 Å². The van der Waals surface area contributed by atoms with E-state index in [4.69, 9.17) is 0 Å². The SMILES string of the molecule is CNCc1ccc(F)c(S(=O)(=O)NCc2ncc(C)s2)c1. The van der Waals surface area contributed by atoms with Crippen molar-refractivity contribution in [2.24, 2.45) is 0 Å². The molecule has 21 heavy (non-hydrogen) atoms. The first-order valence-electron chi connectivity index (χ1n) is 6.26. The topological polar surface area (TPSA) is 71.1 Å². The van der Waals surface area contributed by atoms with Crippen LogP contribution in [0.25, 0.3) is 0 Å². The van der Waals surface area contributed by atoms with Gasteiger partial charge in [-0.2, -0.15) is 0 Å². The Kier molecular flexibility index (Phi) is 5.04. The van der Waals surface area contributed by atoms with Crippen LogP contribution in [-0.4, -0.2) is 20.4 Å². The third-order valence-corrected chi connectivity index (χ3v) is 5.08. The van der Waals surface area contributed by atoms with Gasteiger partial charge in [0.15, 0.2) is 0 Å². The number of hydrogen-bond donors (Lipinski definition) is 2. The Morgan fingerprint density at radius 2 is 2.10 bits per heavy atom. The summed E-state index contributed by atoms with van der Waals surface area (Å²) in [7, 11) is -2.17. The van der Waals surface area contributed by atoms with E-state index in [9.17, 15) is 12.8 Å². The molecule has 0 radical (unpaired) electrons. The molecule has 0 amide bonds. The van der Waals surface area contributed by atoms with Crippen molar-refractivity contribution < 1.29 is 12.8 Å². The predicted molar refractivity (Wildman–Crippen MR) is 80.0 cm³/mol. The van der Waals surface area contributed by atoms with Gasteiger partial charge in [-0.15, -0.1) is 11.3 Å². The van der Waals surface area contributed by atoms with Crippen molar-refractivity contribution in [3.05, 3.63) is 45.7 Å². The van der Waals surface area contributed by atoms with Gasteiger partial charge in [-0.3, -0.25) is 0 Å². The first kappa shape index (κ1) is 16.0. The van der Waals surface area contributed by atoms with Gasteiger partial charge >= 0.3 is 0 Å². The molecule has 0 saturated heterocycles. The van der Waals surface area contributed by atoms with Crippen molar-refractivity contribution >= 4 is 21.4 Å². The van der Waals surface area contributed by atoms with Crippen LogP contribution in [0.15, 0.2) is 29.3 Å². The molecule has 5 nitrogen and oxygen atoms in total. The number of nitrogens with zero attached hydrogens (tertiary/aromatic N) is 1. The van der Waals surface area contributed by atoms with E-state index in [0.717, 1.165) is 10.9 Å². The van der Waals surface area contributed by atoms with Crippen molar-refractivity contribution in [2.45, 2.75) is 24.9 Å². The van der Waals surface area contributed by atoms with Crippen LogP contribution in [0.4, 0.5) is 4.39 Å². The summed E-state index contributed by atoms with van der Waals surface area (Å²) in [4.78, 5) is 4.72. The molecule has 2 aromatic rings. The third-order valence-electron chi connectivity index (χ3n) is 2.75. The predicted octanol–water partition coefficient (Wildman–Crippen LogP) is 1.79. The number of aryl methyl sites for hydroxylation is 1. The maximum Gasteiger partial charge on any atom is 0.243 e. The third kappa shape index (κ3) is 4.07. The van der Waals surface area contributed by atoms with Gasteiger partial charge in [0.1, 0.15) is 15.7 Å². The van der Waals surface area contributed by atoms with E-state index >= 15 is 0 Å². The molecule has 2 N–H and O–H groups in total. The fraction of sp³-hybridized carbons (Fsp3) is 0.308. The Labute approximate surface area is 127 Å². The molecule has 0 aliphatic carbocycles. The Balaban J connectivity index is 2.20. The second kappa shape index (κ2) is 6.61. The molecule has 2 rings (SSSR count). The number of hydrogen-bond acceptors (Lipinski definition) is 5. The molecule has 8 heteroatoms. The van der Waals surface area contributed by atoms with E-state index in [1.54, 1.807) is 19.3 Å². The minimum absolute atomic E-state index is 0.0521. The highest BCUT2D eigenvalue weighted by Crippen LogP contribution is 2.18. The lowest BCUT2D eigenvalue weighted by Crippen LogP contribution is -2.24. The minimum Gasteiger partial charge on any atom is -0.316 e. The molecular formula is C13H16FN3O2S2. The zero-order valence-corrected chi connectivity index (χ0v) is 13.3. The summed E-state index contributed by atoms with van der Waals surface area (Å²) in [5, 5.41) is 3.54. The molecule has 0 saturated carbocycles. The van der Waals surface area contributed by atoms with Gasteiger partial charge in [0, 0.05) is 17.6 Å². The largest absolute Gasteiger partial charge is 0.316 e. The normalized spacial score (nSPS) is 11.8. The molecule has 0 bridgehead atoms. The van der Waals surface area contributed by atoms with E-state index in [-0.39, 0.29) is 11.4 Å². The molecule has 114 valence electrons. The van der Waals surface area contributed by atoms with E-state index in [0.29, 0.717) is 17.1 Å². The van der Waals surface area contributed by atoms with Crippen LogP contribution in [0.3, 0.4) is 0 Å². The Morgan fingerprint density at radius 1 is 1.33 bits per heavy atom. The molecule has 0 unspecified atom stereocenters. The van der Waals surface area contributed by atoms with Crippen molar-refractivity contribution in [1.29, 1.82) is 0 Å². The number of sulfonamides is 1. The quantitative estimate of drug-likeness (QED) is 0.847. The highest BCUT2D eigenvalue weighted by molar-refractivity contribution is 7.89. The summed E-state index contributed by atoms with van der Waals surface area (Å²) in [5.74, 6) is -0.766. The van der Waals surface area contributed by atoms with Gasteiger partial charge in [0.05, 0.1) is 6.54 Å². The maximum atomic E-state index is 13.8. The lowest BCUT2D eigenvalue weighted by atomic mass is 10.2. The maximum absolute atomic E-state index is 13.8. The van der Waals surface area contributed by atoms with Crippen molar-refractivity contribution in [1.82, 2.24) is 15.0 Å². The summed E-state index contributed by atoms with van der Waals surface area (Å²) < 4.78 is 40.5. The van der Waals surface area contributed by atoms with Crippen LogP contribution < -0.4 is 10.0 Å². The summed E-state index contributed by atoms with van der Waals surface area (Å²) in [6.45, 7) is 2.40. The number of thiazole rings is 1. The molecule has 0 atom stereocenters. The summed E-state index contributed by atoms with van der Waals surface area (Å²) >= 11 is 1.40. The molecular weight excluding hydrogens is 313 g/mol. The Hall–Kier alpha value is -1.35. The average Bonchev–Trinajstić information content (AvgIpc) is 2.85. The Morgan fingerprint density at radius 3 is 2.71 bits per heavy atom. The highest BCUT2D eigenvalue weighted by atomic mass is 32.2. The first-order valence-corrected chi connectivity index (χ1v) is 8.56. The van der Waals surface area contributed by atoms with Gasteiger partial charge < -0.3 is 5.32 Å². The highest BCUT2D eigenvalue weighted by Gasteiger charge is 2.19. The van der Waals surface area contributed by atoms with E-state index in [2.05, 4.69) is 15.0 Å². The van der Waals surface area contributed by atoms with Crippen molar-refractivity contribution in [3.8, 4) is 0 Å². The average molecular weight is 329 g/mol. The smallest absolute Gasteiger partial charge is 0.243 e. The number of rotatable bonds is 6. The molecule has 0 fully saturated rings. The van der Waals surface area contributed by atoms with Crippen LogP contribution >= 0.6 is 11.3 Å². The van der Waals surface area contributed by atoms with Crippen LogP contribution in [0, 0.1) is 12.7 Å². The van der Waals surface area contributed by atoms with Crippen LogP contribution in [0.1, 0.15) is 15.4 Å². The van der Waals surface area contributed by atoms with Gasteiger partial charge in [-0.1, -0.05) is 6.07 Å². The molecule has 1 aromatic heterocycles. The number of benzene rings is 1. The van der Waals surface area contributed by atoms with Crippen LogP contribution in [0.2, 0.25) is 0 Å². The molecule has 0 aliphatic rings. The Bertz CT molecular complexity index is 729. The van der Waals surface area contributed by atoms with Gasteiger partial charge in [0.25, 0.3) is 0 Å². The van der Waals surface area contributed by atoms with Crippen LogP contribution in [0.5, 0.6) is 0 Å². The zero-order chi connectivity index (χ0) is 15.5. The second-order valence-corrected chi connectivity index (χ2v) is 7.54. The fourth-order valence-corrected chi connectivity index (χ4v) is 3.72. The number of halogens is 1. The standard InChI is InChI=1S/C13H16FN3O2S2/c1-9-6-16-13(20-9)8-17-21(18,19)12-5-10(7-15-2)3-4-11(12)14/h3-6,15,17H,7-8H2,1-2H3. The fourth-order valence-electron chi connectivity index (χ4n) is 1.79. The molecule has 0 aliphatic heterocycles. The molecule has 1 aromatic carbocycles. The van der Waals surface area contributed by atoms with E-state index < -0.39 is 15.8 Å². The lowest BCUT2D eigenvalue weighted by molar-refractivity contribution is 0.555. The van der Waals surface area contributed by atoms with Gasteiger partial charge in [-0.05, 0) is 31.7 Å². The minimum atomic E-state index is -3.91. The molecule has 0 spiro atoms. The van der Waals surface area contributed by atoms with E-state index in [1.807, 2.05) is 6.92 Å². The van der Waals surface area contributed by atoms with Crippen molar-refractivity contribution in [3.63, 3.8) is 0 Å². The van der Waals surface area contributed by atoms with Crippen molar-refractivity contribution in [2.75, 3.05) is 7.05 Å². The first-order chi connectivity index (χ1) is 9.92. The lowest BCUT2D eigenvalue weighted by Gasteiger charge is -2.08. The molecule has 1 heterocycles. The zero-order valence-electron chi connectivity index (χ0n) is 11.7. The second-order valence-electron chi connectivity index (χ2n) is 4.48. The monoisotopic (exact) mass is 329 g/mol. The summed E-state index contributed by atoms with van der Waals surface area (Å²) in [6, 6.07) is 4.05.